The van der Waals surface area contributed by atoms with E-state index in [-0.39, 0.29) is 32.7 Å². The Hall–Kier alpha value is -1.67. The summed E-state index contributed by atoms with van der Waals surface area (Å²) < 4.78 is 10.8. The Morgan fingerprint density at radius 1 is 0.962 bits per heavy atom. The second kappa shape index (κ2) is 11.9. The molecule has 0 aromatic carbocycles. The largest absolute Gasteiger partial charge is 0.481 e. The molecule has 3 atom stereocenters. The minimum Gasteiger partial charge on any atom is -0.481 e. The number of carbonyl (C=O) groups excluding carboxylic acids is 2. The summed E-state index contributed by atoms with van der Waals surface area (Å²) in [4.78, 5) is 35.5. The van der Waals surface area contributed by atoms with Crippen LogP contribution in [0, 0.1) is 17.8 Å². The molecule has 8 nitrogen and oxygen atoms in total. The molecule has 0 radical (unpaired) electrons. The van der Waals surface area contributed by atoms with Crippen LogP contribution in [-0.4, -0.2) is 80.1 Å². The van der Waals surface area contributed by atoms with Crippen molar-refractivity contribution in [1.82, 2.24) is 0 Å². The van der Waals surface area contributed by atoms with Gasteiger partial charge in [-0.15, -0.1) is 0 Å². The van der Waals surface area contributed by atoms with E-state index in [0.717, 1.165) is 0 Å². The Balaban J connectivity index is 4.70. The Kier molecular flexibility index (Phi) is 11.1. The van der Waals surface area contributed by atoms with Gasteiger partial charge in [0.05, 0.1) is 45.5 Å². The van der Waals surface area contributed by atoms with Crippen molar-refractivity contribution in [2.24, 2.45) is 17.8 Å². The topological polar surface area (TPSA) is 110 Å². The summed E-state index contributed by atoms with van der Waals surface area (Å²) in [5, 5.41) is 18.1. The van der Waals surface area contributed by atoms with Crippen LogP contribution in [0.3, 0.4) is 0 Å². The number of likely N-dealkylation sites (N-methyl/N-ethyl adjacent to an activating group) is 1. The van der Waals surface area contributed by atoms with E-state index in [1.165, 1.54) is 0 Å². The lowest BCUT2D eigenvalue weighted by molar-refractivity contribution is -0.870. The van der Waals surface area contributed by atoms with Gasteiger partial charge in [0.2, 0.25) is 0 Å². The Bertz CT molecular complexity index is 459. The van der Waals surface area contributed by atoms with E-state index < -0.39 is 35.7 Å². The molecule has 0 heterocycles. The molecule has 152 valence electrons. The van der Waals surface area contributed by atoms with E-state index >= 15 is 0 Å². The highest BCUT2D eigenvalue weighted by Crippen LogP contribution is 2.24. The Morgan fingerprint density at radius 3 is 2.00 bits per heavy atom. The van der Waals surface area contributed by atoms with Gasteiger partial charge in [-0.2, -0.15) is 0 Å². The molecule has 2 N–H and O–H groups in total. The zero-order chi connectivity index (χ0) is 20.3. The monoisotopic (exact) mass is 376 g/mol. The van der Waals surface area contributed by atoms with Gasteiger partial charge in [-0.1, -0.05) is 13.8 Å². The zero-order valence-electron chi connectivity index (χ0n) is 16.6. The maximum atomic E-state index is 12.2. The fourth-order valence-electron chi connectivity index (χ4n) is 2.42. The van der Waals surface area contributed by atoms with Crippen molar-refractivity contribution in [3.8, 4) is 0 Å². The molecule has 26 heavy (non-hydrogen) atoms. The van der Waals surface area contributed by atoms with Crippen LogP contribution in [0.15, 0.2) is 0 Å². The van der Waals surface area contributed by atoms with Crippen LogP contribution in [-0.2, 0) is 23.9 Å². The third-order valence-electron chi connectivity index (χ3n) is 4.13. The normalized spacial score (nSPS) is 15.0. The molecule has 0 aromatic rings. The van der Waals surface area contributed by atoms with Crippen molar-refractivity contribution in [2.45, 2.75) is 33.1 Å². The fourth-order valence-corrected chi connectivity index (χ4v) is 2.42. The average Bonchev–Trinajstić information content (AvgIpc) is 2.54. The van der Waals surface area contributed by atoms with E-state index in [1.807, 2.05) is 28.1 Å². The van der Waals surface area contributed by atoms with Crippen molar-refractivity contribution >= 4 is 17.9 Å². The number of carbonyl (C=O) groups is 3. The maximum Gasteiger partial charge on any atom is 0.309 e. The predicted molar refractivity (Wildman–Crippen MR) is 95.2 cm³/mol. The van der Waals surface area contributed by atoms with Crippen LogP contribution in [0.2, 0.25) is 0 Å². The molecule has 0 rings (SSSR count). The molecule has 0 aliphatic heterocycles. The van der Waals surface area contributed by atoms with Gasteiger partial charge in [0, 0.05) is 0 Å². The van der Waals surface area contributed by atoms with Crippen molar-refractivity contribution < 1.29 is 38.6 Å². The highest BCUT2D eigenvalue weighted by molar-refractivity contribution is 5.76. The number of aliphatic hydroxyl groups is 1. The number of ether oxygens (including phenoxy) is 2. The minimum atomic E-state index is -1.05. The molecule has 0 aliphatic rings. The molecule has 0 saturated heterocycles. The third-order valence-corrected chi connectivity index (χ3v) is 4.13. The van der Waals surface area contributed by atoms with Crippen molar-refractivity contribution in [3.05, 3.63) is 0 Å². The van der Waals surface area contributed by atoms with Gasteiger partial charge in [-0.3, -0.25) is 14.4 Å². The lowest BCUT2D eigenvalue weighted by Crippen LogP contribution is -2.38. The number of esters is 2. The predicted octanol–water partition coefficient (Wildman–Crippen LogP) is 0.915. The molecule has 3 unspecified atom stereocenters. The molecule has 0 spiro atoms. The zero-order valence-corrected chi connectivity index (χ0v) is 16.6. The van der Waals surface area contributed by atoms with E-state index in [4.69, 9.17) is 14.6 Å². The molecule has 0 bridgehead atoms. The number of quaternary nitrogens is 1. The third kappa shape index (κ3) is 10.4. The van der Waals surface area contributed by atoms with Crippen LogP contribution in [0.4, 0.5) is 0 Å². The number of carboxylic acids is 1. The number of aliphatic carboxylic acids is 1. The van der Waals surface area contributed by atoms with Crippen LogP contribution < -0.4 is 0 Å². The van der Waals surface area contributed by atoms with Gasteiger partial charge >= 0.3 is 17.9 Å². The van der Waals surface area contributed by atoms with Crippen molar-refractivity contribution in [1.29, 1.82) is 0 Å². The SMILES string of the molecule is CCC(CC(CC(C)C(=O)OCCO)C(=O)O)C(=O)OCC[N+](C)(C)C. The quantitative estimate of drug-likeness (QED) is 0.363. The first-order valence-corrected chi connectivity index (χ1v) is 8.99. The second-order valence-corrected chi connectivity index (χ2v) is 7.59. The number of nitrogens with zero attached hydrogens (tertiary/aromatic N) is 1. The standard InChI is InChI=1S/C18H33NO7/c1-6-14(18(24)25-9-7-19(3,4)5)12-15(16(21)22)11-13(2)17(23)26-10-8-20/h13-15,20H,6-12H2,1-5H3/p+1. The maximum absolute atomic E-state index is 12.2. The second-order valence-electron chi connectivity index (χ2n) is 7.59. The molecular formula is C18H34NO7+. The van der Waals surface area contributed by atoms with Crippen molar-refractivity contribution in [2.75, 3.05) is 47.5 Å². The Labute approximate surface area is 155 Å². The summed E-state index contributed by atoms with van der Waals surface area (Å²) in [5.74, 6) is -4.00. The smallest absolute Gasteiger partial charge is 0.309 e. The summed E-state index contributed by atoms with van der Waals surface area (Å²) in [6.45, 7) is 3.94. The number of aliphatic hydroxyl groups excluding tert-OH is 1. The number of carboxylic acid groups (broad SMARTS) is 1. The first-order chi connectivity index (χ1) is 12.0. The van der Waals surface area contributed by atoms with E-state index in [9.17, 15) is 19.5 Å². The molecule has 0 aliphatic carbocycles. The molecular weight excluding hydrogens is 342 g/mol. The molecule has 0 saturated carbocycles. The molecule has 0 fully saturated rings. The van der Waals surface area contributed by atoms with Gasteiger partial charge in [0.25, 0.3) is 0 Å². The first-order valence-electron chi connectivity index (χ1n) is 8.99. The van der Waals surface area contributed by atoms with E-state index in [2.05, 4.69) is 0 Å². The highest BCUT2D eigenvalue weighted by Gasteiger charge is 2.30. The Morgan fingerprint density at radius 2 is 1.54 bits per heavy atom. The molecule has 8 heteroatoms. The summed E-state index contributed by atoms with van der Waals surface area (Å²) in [5.41, 5.74) is 0. The number of hydrogen-bond donors (Lipinski definition) is 2. The van der Waals surface area contributed by atoms with Crippen LogP contribution in [0.5, 0.6) is 0 Å². The fraction of sp³-hybridized carbons (Fsp3) is 0.833. The first kappa shape index (κ1) is 24.3. The van der Waals surface area contributed by atoms with Gasteiger partial charge < -0.3 is 24.2 Å². The van der Waals surface area contributed by atoms with Gasteiger partial charge in [-0.05, 0) is 19.3 Å². The summed E-state index contributed by atoms with van der Waals surface area (Å²) in [6, 6.07) is 0. The molecule has 0 amide bonds. The average molecular weight is 376 g/mol. The van der Waals surface area contributed by atoms with Gasteiger partial charge in [-0.25, -0.2) is 0 Å². The highest BCUT2D eigenvalue weighted by atomic mass is 16.5. The number of rotatable bonds is 13. The van der Waals surface area contributed by atoms with Crippen LogP contribution in [0.1, 0.15) is 33.1 Å². The van der Waals surface area contributed by atoms with Crippen molar-refractivity contribution in [3.63, 3.8) is 0 Å². The summed E-state index contributed by atoms with van der Waals surface area (Å²) in [7, 11) is 5.97. The summed E-state index contributed by atoms with van der Waals surface area (Å²) >= 11 is 0. The lowest BCUT2D eigenvalue weighted by atomic mass is 9.86. The lowest BCUT2D eigenvalue weighted by Gasteiger charge is -2.24. The number of hydrogen-bond acceptors (Lipinski definition) is 6. The minimum absolute atomic E-state index is 0.0717. The van der Waals surface area contributed by atoms with E-state index in [1.54, 1.807) is 6.92 Å². The van der Waals surface area contributed by atoms with Crippen LogP contribution in [0.25, 0.3) is 0 Å². The van der Waals surface area contributed by atoms with Crippen LogP contribution >= 0.6 is 0 Å². The summed E-state index contributed by atoms with van der Waals surface area (Å²) in [6.07, 6.45) is 0.658. The van der Waals surface area contributed by atoms with E-state index in [0.29, 0.717) is 17.4 Å². The molecule has 0 aromatic heterocycles. The van der Waals surface area contributed by atoms with Gasteiger partial charge in [0.15, 0.2) is 0 Å². The van der Waals surface area contributed by atoms with Gasteiger partial charge in [0.1, 0.15) is 19.8 Å².